The zero-order chi connectivity index (χ0) is 27.5. The number of ether oxygens (including phenoxy) is 2. The van der Waals surface area contributed by atoms with Crippen molar-refractivity contribution in [1.29, 1.82) is 0 Å². The Morgan fingerprint density at radius 2 is 1.63 bits per heavy atom. The maximum atomic E-state index is 12.9. The summed E-state index contributed by atoms with van der Waals surface area (Å²) in [7, 11) is -3.62. The summed E-state index contributed by atoms with van der Waals surface area (Å²) in [5, 5.41) is 0.471. The van der Waals surface area contributed by atoms with Gasteiger partial charge in [0.1, 0.15) is 5.75 Å². The predicted molar refractivity (Wildman–Crippen MR) is 155 cm³/mol. The zero-order valence-corrected chi connectivity index (χ0v) is 24.3. The van der Waals surface area contributed by atoms with E-state index in [1.807, 2.05) is 44.2 Å². The van der Waals surface area contributed by atoms with Gasteiger partial charge in [-0.05, 0) is 73.0 Å². The fourth-order valence-electron chi connectivity index (χ4n) is 4.78. The van der Waals surface area contributed by atoms with Crippen LogP contribution < -0.4 is 9.04 Å². The van der Waals surface area contributed by atoms with E-state index in [4.69, 9.17) is 21.1 Å². The normalized spacial score (nSPS) is 15.0. The van der Waals surface area contributed by atoms with E-state index in [9.17, 15) is 8.42 Å². The van der Waals surface area contributed by atoms with Gasteiger partial charge >= 0.3 is 0 Å². The van der Waals surface area contributed by atoms with Gasteiger partial charge in [-0.3, -0.25) is 4.90 Å². The van der Waals surface area contributed by atoms with Crippen molar-refractivity contribution in [1.82, 2.24) is 4.90 Å². The van der Waals surface area contributed by atoms with Gasteiger partial charge in [-0.2, -0.15) is 0 Å². The number of benzene rings is 3. The number of halogens is 1. The number of rotatable bonds is 9. The molecule has 204 valence electrons. The molecule has 0 aliphatic carbocycles. The summed E-state index contributed by atoms with van der Waals surface area (Å²) in [6.07, 6.45) is 1.24. The van der Waals surface area contributed by atoms with Crippen LogP contribution in [0.1, 0.15) is 44.4 Å². The highest BCUT2D eigenvalue weighted by Crippen LogP contribution is 2.39. The molecule has 1 fully saturated rings. The van der Waals surface area contributed by atoms with Crippen molar-refractivity contribution in [2.75, 3.05) is 36.9 Å². The molecule has 6 nitrogen and oxygen atoms in total. The third-order valence-electron chi connectivity index (χ3n) is 6.73. The summed E-state index contributed by atoms with van der Waals surface area (Å²) < 4.78 is 38.8. The first kappa shape index (κ1) is 28.4. The maximum absolute atomic E-state index is 12.9. The van der Waals surface area contributed by atoms with Crippen molar-refractivity contribution in [3.05, 3.63) is 88.4 Å². The standard InChI is InChI=1S/C30H37ClN2O4S/c1-22(2)37-29-16-23(21-32-11-13-36-14-12-32)15-24(19-29)30(3,4)25-17-26(31)20-28(18-25)33(38(5,34)35)27-9-7-6-8-10-27/h6-10,15-20,22H,11-14,21H2,1-5H3. The third-order valence-corrected chi connectivity index (χ3v) is 8.03. The predicted octanol–water partition coefficient (Wildman–Crippen LogP) is 6.38. The van der Waals surface area contributed by atoms with E-state index in [1.165, 1.54) is 10.6 Å². The Hall–Kier alpha value is -2.58. The minimum Gasteiger partial charge on any atom is -0.491 e. The lowest BCUT2D eigenvalue weighted by Crippen LogP contribution is -2.35. The maximum Gasteiger partial charge on any atom is 0.236 e. The molecule has 0 spiro atoms. The van der Waals surface area contributed by atoms with Gasteiger partial charge in [-0.1, -0.05) is 49.7 Å². The van der Waals surface area contributed by atoms with Crippen LogP contribution in [0, 0.1) is 0 Å². The SMILES string of the molecule is CC(C)Oc1cc(CN2CCOCC2)cc(C(C)(C)c2cc(Cl)cc(N(c3ccccc3)S(C)(=O)=O)c2)c1. The lowest BCUT2D eigenvalue weighted by Gasteiger charge is -2.31. The average molecular weight is 557 g/mol. The van der Waals surface area contributed by atoms with E-state index in [-0.39, 0.29) is 6.10 Å². The Morgan fingerprint density at radius 1 is 0.974 bits per heavy atom. The van der Waals surface area contributed by atoms with Crippen LogP contribution >= 0.6 is 11.6 Å². The quantitative estimate of drug-likeness (QED) is 0.306. The summed E-state index contributed by atoms with van der Waals surface area (Å²) >= 11 is 6.62. The lowest BCUT2D eigenvalue weighted by atomic mass is 9.77. The van der Waals surface area contributed by atoms with Gasteiger partial charge in [-0.15, -0.1) is 0 Å². The second-order valence-corrected chi connectivity index (χ2v) is 12.9. The fraction of sp³-hybridized carbons (Fsp3) is 0.400. The number of hydrogen-bond donors (Lipinski definition) is 0. The molecule has 0 saturated carbocycles. The van der Waals surface area contributed by atoms with E-state index in [2.05, 4.69) is 36.9 Å². The number of anilines is 2. The van der Waals surface area contributed by atoms with Crippen LogP contribution in [-0.2, 0) is 26.7 Å². The van der Waals surface area contributed by atoms with Crippen LogP contribution in [-0.4, -0.2) is 52.0 Å². The number of para-hydroxylation sites is 1. The first-order chi connectivity index (χ1) is 17.9. The molecule has 0 radical (unpaired) electrons. The Labute approximate surface area is 232 Å². The first-order valence-corrected chi connectivity index (χ1v) is 15.1. The van der Waals surface area contributed by atoms with Crippen molar-refractivity contribution < 1.29 is 17.9 Å². The topological polar surface area (TPSA) is 59.1 Å². The minimum atomic E-state index is -3.62. The molecule has 0 amide bonds. The molecule has 0 N–H and O–H groups in total. The van der Waals surface area contributed by atoms with Crippen LogP contribution in [0.15, 0.2) is 66.7 Å². The largest absolute Gasteiger partial charge is 0.491 e. The monoisotopic (exact) mass is 556 g/mol. The number of nitrogens with zero attached hydrogens (tertiary/aromatic N) is 2. The number of morpholine rings is 1. The molecule has 4 rings (SSSR count). The molecule has 1 saturated heterocycles. The molecular weight excluding hydrogens is 520 g/mol. The summed E-state index contributed by atoms with van der Waals surface area (Å²) in [6.45, 7) is 12.4. The molecule has 1 aliphatic rings. The minimum absolute atomic E-state index is 0.0385. The van der Waals surface area contributed by atoms with Crippen molar-refractivity contribution in [2.45, 2.75) is 45.8 Å². The highest BCUT2D eigenvalue weighted by atomic mass is 35.5. The van der Waals surface area contributed by atoms with E-state index in [1.54, 1.807) is 18.2 Å². The lowest BCUT2D eigenvalue weighted by molar-refractivity contribution is 0.0341. The molecule has 0 unspecified atom stereocenters. The second-order valence-electron chi connectivity index (χ2n) is 10.6. The Bertz CT molecular complexity index is 1350. The molecule has 0 bridgehead atoms. The third kappa shape index (κ3) is 6.89. The average Bonchev–Trinajstić information content (AvgIpc) is 2.84. The Morgan fingerprint density at radius 3 is 2.26 bits per heavy atom. The van der Waals surface area contributed by atoms with Gasteiger partial charge in [0.05, 0.1) is 36.9 Å². The van der Waals surface area contributed by atoms with Gasteiger partial charge in [0.25, 0.3) is 0 Å². The molecule has 3 aromatic carbocycles. The van der Waals surface area contributed by atoms with Gasteiger partial charge in [0.15, 0.2) is 0 Å². The van der Waals surface area contributed by atoms with Gasteiger partial charge in [0, 0.05) is 30.1 Å². The van der Waals surface area contributed by atoms with Gasteiger partial charge in [0.2, 0.25) is 10.0 Å². The number of sulfonamides is 1. The van der Waals surface area contributed by atoms with Crippen molar-refractivity contribution in [2.24, 2.45) is 0 Å². The van der Waals surface area contributed by atoms with Crippen molar-refractivity contribution >= 4 is 33.0 Å². The van der Waals surface area contributed by atoms with Crippen LogP contribution in [0.3, 0.4) is 0 Å². The highest BCUT2D eigenvalue weighted by molar-refractivity contribution is 7.92. The Balaban J connectivity index is 1.78. The molecule has 1 heterocycles. The second kappa shape index (κ2) is 11.7. The molecule has 8 heteroatoms. The van der Waals surface area contributed by atoms with E-state index < -0.39 is 15.4 Å². The first-order valence-electron chi connectivity index (χ1n) is 12.9. The van der Waals surface area contributed by atoms with Crippen molar-refractivity contribution in [3.63, 3.8) is 0 Å². The summed E-state index contributed by atoms with van der Waals surface area (Å²) in [5.74, 6) is 0.818. The van der Waals surface area contributed by atoms with Crippen LogP contribution in [0.2, 0.25) is 5.02 Å². The molecule has 1 aliphatic heterocycles. The summed E-state index contributed by atoms with van der Waals surface area (Å²) in [4.78, 5) is 2.39. The van der Waals surface area contributed by atoms with Crippen LogP contribution in [0.4, 0.5) is 11.4 Å². The Kier molecular flexibility index (Phi) is 8.72. The summed E-state index contributed by atoms with van der Waals surface area (Å²) in [5.41, 5.74) is 3.70. The molecular formula is C30H37ClN2O4S. The van der Waals surface area contributed by atoms with E-state index in [0.717, 1.165) is 55.3 Å². The smallest absolute Gasteiger partial charge is 0.236 e. The van der Waals surface area contributed by atoms with E-state index in [0.29, 0.717) is 16.4 Å². The molecule has 38 heavy (non-hydrogen) atoms. The molecule has 3 aromatic rings. The highest BCUT2D eigenvalue weighted by Gasteiger charge is 2.28. The molecule has 0 aromatic heterocycles. The van der Waals surface area contributed by atoms with Gasteiger partial charge < -0.3 is 9.47 Å². The number of hydrogen-bond acceptors (Lipinski definition) is 5. The van der Waals surface area contributed by atoms with E-state index >= 15 is 0 Å². The molecule has 0 atom stereocenters. The fourth-order valence-corrected chi connectivity index (χ4v) is 6.01. The zero-order valence-electron chi connectivity index (χ0n) is 22.8. The van der Waals surface area contributed by atoms with Crippen LogP contribution in [0.5, 0.6) is 5.75 Å². The summed E-state index contributed by atoms with van der Waals surface area (Å²) in [6, 6.07) is 21.0. The van der Waals surface area contributed by atoms with Crippen molar-refractivity contribution in [3.8, 4) is 5.75 Å². The van der Waals surface area contributed by atoms with Crippen LogP contribution in [0.25, 0.3) is 0 Å². The van der Waals surface area contributed by atoms with Gasteiger partial charge in [-0.25, -0.2) is 12.7 Å².